The smallest absolute Gasteiger partial charge is 0.272 e. The number of carbonyl (C=O) groups excluding carboxylic acids is 1. The molecule has 0 saturated heterocycles. The van der Waals surface area contributed by atoms with Crippen molar-refractivity contribution in [2.45, 2.75) is 26.7 Å². The number of hydrogen-bond acceptors (Lipinski definition) is 4. The van der Waals surface area contributed by atoms with Crippen molar-refractivity contribution in [3.05, 3.63) is 17.5 Å². The van der Waals surface area contributed by atoms with Crippen LogP contribution in [-0.4, -0.2) is 44.7 Å². The Labute approximate surface area is 112 Å². The maximum Gasteiger partial charge on any atom is 0.272 e. The zero-order chi connectivity index (χ0) is 14.4. The molecule has 0 aromatic carbocycles. The van der Waals surface area contributed by atoms with Crippen LogP contribution in [0.15, 0.2) is 11.2 Å². The van der Waals surface area contributed by atoms with E-state index < -0.39 is 0 Å². The van der Waals surface area contributed by atoms with Crippen LogP contribution in [0.3, 0.4) is 0 Å². The normalized spacial score (nSPS) is 11.6. The number of amidine groups is 1. The van der Waals surface area contributed by atoms with E-state index in [-0.39, 0.29) is 11.7 Å². The van der Waals surface area contributed by atoms with E-state index in [2.05, 4.69) is 10.3 Å². The van der Waals surface area contributed by atoms with E-state index in [1.54, 1.807) is 22.7 Å². The summed E-state index contributed by atoms with van der Waals surface area (Å²) in [5.74, 6) is 0.0217. The first-order chi connectivity index (χ1) is 9.03. The standard InChI is InChI=1S/C12H21N5O2/c1-4-9-8-10(16(3)14-9)12(18)17(5-2)7-6-11(13)15-19/h8,19H,4-7H2,1-3H3,(H2,13,15). The molecule has 1 aromatic heterocycles. The quantitative estimate of drug-likeness (QED) is 0.341. The van der Waals surface area contributed by atoms with E-state index in [0.29, 0.717) is 25.2 Å². The number of nitrogens with two attached hydrogens (primary N) is 1. The minimum Gasteiger partial charge on any atom is -0.409 e. The summed E-state index contributed by atoms with van der Waals surface area (Å²) in [6, 6.07) is 1.80. The number of carbonyl (C=O) groups is 1. The highest BCUT2D eigenvalue weighted by atomic mass is 16.4. The molecular formula is C12H21N5O2. The van der Waals surface area contributed by atoms with E-state index >= 15 is 0 Å². The van der Waals surface area contributed by atoms with Crippen LogP contribution in [0, 0.1) is 0 Å². The van der Waals surface area contributed by atoms with Crippen molar-refractivity contribution in [2.75, 3.05) is 13.1 Å². The molecule has 0 saturated carbocycles. The average Bonchev–Trinajstić information content (AvgIpc) is 2.80. The van der Waals surface area contributed by atoms with Crippen molar-refractivity contribution < 1.29 is 10.0 Å². The van der Waals surface area contributed by atoms with Crippen molar-refractivity contribution in [1.29, 1.82) is 0 Å². The van der Waals surface area contributed by atoms with Crippen molar-refractivity contribution >= 4 is 11.7 Å². The second-order valence-electron chi connectivity index (χ2n) is 4.22. The molecule has 0 bridgehead atoms. The number of hydrogen-bond donors (Lipinski definition) is 2. The van der Waals surface area contributed by atoms with E-state index in [1.807, 2.05) is 13.8 Å². The number of oxime groups is 1. The topological polar surface area (TPSA) is 96.7 Å². The Morgan fingerprint density at radius 3 is 2.74 bits per heavy atom. The maximum atomic E-state index is 12.3. The molecule has 1 heterocycles. The van der Waals surface area contributed by atoms with Gasteiger partial charge in [-0.25, -0.2) is 0 Å². The van der Waals surface area contributed by atoms with E-state index in [4.69, 9.17) is 10.9 Å². The van der Waals surface area contributed by atoms with Gasteiger partial charge in [-0.2, -0.15) is 5.10 Å². The van der Waals surface area contributed by atoms with Crippen molar-refractivity contribution in [3.63, 3.8) is 0 Å². The molecule has 0 atom stereocenters. The number of aryl methyl sites for hydroxylation is 2. The third-order valence-corrected chi connectivity index (χ3v) is 2.95. The van der Waals surface area contributed by atoms with Gasteiger partial charge in [0.2, 0.25) is 0 Å². The van der Waals surface area contributed by atoms with E-state index in [9.17, 15) is 4.79 Å². The van der Waals surface area contributed by atoms with Gasteiger partial charge in [-0.05, 0) is 19.4 Å². The summed E-state index contributed by atoms with van der Waals surface area (Å²) in [5, 5.41) is 15.7. The van der Waals surface area contributed by atoms with Gasteiger partial charge < -0.3 is 15.8 Å². The van der Waals surface area contributed by atoms with Gasteiger partial charge in [-0.1, -0.05) is 12.1 Å². The Bertz CT molecular complexity index is 467. The monoisotopic (exact) mass is 267 g/mol. The second-order valence-corrected chi connectivity index (χ2v) is 4.22. The predicted molar refractivity (Wildman–Crippen MR) is 72.2 cm³/mol. The highest BCUT2D eigenvalue weighted by Gasteiger charge is 2.18. The van der Waals surface area contributed by atoms with Gasteiger partial charge in [0.15, 0.2) is 0 Å². The summed E-state index contributed by atoms with van der Waals surface area (Å²) >= 11 is 0. The van der Waals surface area contributed by atoms with Crippen LogP contribution in [0.2, 0.25) is 0 Å². The van der Waals surface area contributed by atoms with Crippen LogP contribution >= 0.6 is 0 Å². The summed E-state index contributed by atoms with van der Waals surface area (Å²) in [7, 11) is 1.75. The SMILES string of the molecule is CCc1cc(C(=O)N(CC)CCC(N)=NO)n(C)n1. The minimum absolute atomic E-state index is 0.0945. The Hall–Kier alpha value is -2.05. The van der Waals surface area contributed by atoms with Gasteiger partial charge in [0.25, 0.3) is 5.91 Å². The molecule has 1 rings (SSSR count). The summed E-state index contributed by atoms with van der Waals surface area (Å²) in [4.78, 5) is 14.0. The van der Waals surface area contributed by atoms with Crippen LogP contribution in [-0.2, 0) is 13.5 Å². The summed E-state index contributed by atoms with van der Waals surface area (Å²) < 4.78 is 1.59. The lowest BCUT2D eigenvalue weighted by Crippen LogP contribution is -2.35. The molecular weight excluding hydrogens is 246 g/mol. The van der Waals surface area contributed by atoms with Crippen LogP contribution in [0.4, 0.5) is 0 Å². The molecule has 0 aliphatic heterocycles. The molecule has 3 N–H and O–H groups in total. The van der Waals surface area contributed by atoms with Crippen molar-refractivity contribution in [2.24, 2.45) is 17.9 Å². The van der Waals surface area contributed by atoms with Gasteiger partial charge in [0.05, 0.1) is 5.69 Å². The molecule has 1 aromatic rings. The molecule has 0 unspecified atom stereocenters. The third-order valence-electron chi connectivity index (χ3n) is 2.95. The number of aromatic nitrogens is 2. The Morgan fingerprint density at radius 2 is 2.26 bits per heavy atom. The van der Waals surface area contributed by atoms with Crippen molar-refractivity contribution in [3.8, 4) is 0 Å². The fourth-order valence-electron chi connectivity index (χ4n) is 1.76. The Kier molecular flexibility index (Phi) is 5.35. The predicted octanol–water partition coefficient (Wildman–Crippen LogP) is 0.581. The number of amides is 1. The van der Waals surface area contributed by atoms with Gasteiger partial charge in [0.1, 0.15) is 11.5 Å². The molecule has 19 heavy (non-hydrogen) atoms. The zero-order valence-corrected chi connectivity index (χ0v) is 11.6. The minimum atomic E-state index is -0.0945. The van der Waals surface area contributed by atoms with Crippen molar-refractivity contribution in [1.82, 2.24) is 14.7 Å². The molecule has 0 aliphatic rings. The first-order valence-corrected chi connectivity index (χ1v) is 6.32. The second kappa shape index (κ2) is 6.77. The molecule has 106 valence electrons. The highest BCUT2D eigenvalue weighted by molar-refractivity contribution is 5.93. The van der Waals surface area contributed by atoms with Gasteiger partial charge in [-0.15, -0.1) is 0 Å². The summed E-state index contributed by atoms with van der Waals surface area (Å²) in [6.07, 6.45) is 1.13. The lowest BCUT2D eigenvalue weighted by molar-refractivity contribution is 0.0757. The number of nitrogens with zero attached hydrogens (tertiary/aromatic N) is 4. The maximum absolute atomic E-state index is 12.3. The first-order valence-electron chi connectivity index (χ1n) is 6.32. The molecule has 7 nitrogen and oxygen atoms in total. The molecule has 1 amide bonds. The molecule has 0 spiro atoms. The Balaban J connectivity index is 2.80. The van der Waals surface area contributed by atoms with Crippen LogP contribution < -0.4 is 5.73 Å². The van der Waals surface area contributed by atoms with Crippen LogP contribution in [0.1, 0.15) is 36.5 Å². The number of rotatable bonds is 6. The van der Waals surface area contributed by atoms with Crippen LogP contribution in [0.5, 0.6) is 0 Å². The Morgan fingerprint density at radius 1 is 1.58 bits per heavy atom. The van der Waals surface area contributed by atoms with E-state index in [0.717, 1.165) is 12.1 Å². The summed E-state index contributed by atoms with van der Waals surface area (Å²) in [5.41, 5.74) is 6.86. The lowest BCUT2D eigenvalue weighted by atomic mass is 10.2. The van der Waals surface area contributed by atoms with Gasteiger partial charge in [0, 0.05) is 26.6 Å². The first kappa shape index (κ1) is 15.0. The molecule has 0 fully saturated rings. The van der Waals surface area contributed by atoms with Gasteiger partial charge in [-0.3, -0.25) is 9.48 Å². The van der Waals surface area contributed by atoms with Crippen LogP contribution in [0.25, 0.3) is 0 Å². The van der Waals surface area contributed by atoms with Gasteiger partial charge >= 0.3 is 0 Å². The average molecular weight is 267 g/mol. The highest BCUT2D eigenvalue weighted by Crippen LogP contribution is 2.08. The molecule has 0 radical (unpaired) electrons. The molecule has 7 heteroatoms. The fraction of sp³-hybridized carbons (Fsp3) is 0.583. The molecule has 0 aliphatic carbocycles. The largest absolute Gasteiger partial charge is 0.409 e. The van der Waals surface area contributed by atoms with E-state index in [1.165, 1.54) is 0 Å². The summed E-state index contributed by atoms with van der Waals surface area (Å²) in [6.45, 7) is 4.86. The fourth-order valence-corrected chi connectivity index (χ4v) is 1.76. The third kappa shape index (κ3) is 3.70. The lowest BCUT2D eigenvalue weighted by Gasteiger charge is -2.20. The zero-order valence-electron chi connectivity index (χ0n) is 11.6.